The number of carbonyl (C=O) groups excluding carboxylic acids is 2. The first-order valence-electron chi connectivity index (χ1n) is 8.03. The number of pyridine rings is 1. The lowest BCUT2D eigenvalue weighted by atomic mass is 10.2. The van der Waals surface area contributed by atoms with Crippen molar-refractivity contribution in [1.29, 1.82) is 0 Å². The molecule has 0 saturated heterocycles. The lowest BCUT2D eigenvalue weighted by molar-refractivity contribution is 0.0949. The minimum atomic E-state index is -0.367. The minimum absolute atomic E-state index is 0.201. The van der Waals surface area contributed by atoms with Crippen LogP contribution < -0.4 is 5.32 Å². The number of nitrogens with one attached hydrogen (secondary N) is 1. The summed E-state index contributed by atoms with van der Waals surface area (Å²) in [6.07, 6.45) is 3.09. The van der Waals surface area contributed by atoms with Gasteiger partial charge in [0.15, 0.2) is 5.69 Å². The van der Waals surface area contributed by atoms with E-state index in [0.717, 1.165) is 0 Å². The number of benzene rings is 2. The summed E-state index contributed by atoms with van der Waals surface area (Å²) in [6, 6.07) is 19.5. The molecule has 2 heterocycles. The van der Waals surface area contributed by atoms with Crippen molar-refractivity contribution < 1.29 is 9.59 Å². The Balaban J connectivity index is 1.77. The van der Waals surface area contributed by atoms with E-state index in [-0.39, 0.29) is 17.5 Å². The Morgan fingerprint density at radius 2 is 1.54 bits per heavy atom. The second-order valence-electron chi connectivity index (χ2n) is 5.64. The molecule has 1 N–H and O–H groups in total. The fraction of sp³-hybridized carbons (Fsp3) is 0. The minimum Gasteiger partial charge on any atom is -0.321 e. The second-order valence-corrected chi connectivity index (χ2v) is 5.64. The molecule has 2 aromatic heterocycles. The van der Waals surface area contributed by atoms with Crippen LogP contribution in [0.15, 0.2) is 79.1 Å². The average molecular weight is 342 g/mol. The standard InChI is InChI=1S/C20H14N4O2/c25-19(22-15-6-2-1-3-7-15)18-16-8-4-5-9-17(16)24(23-18)20(26)14-10-12-21-13-11-14/h1-13H,(H,22,25). The summed E-state index contributed by atoms with van der Waals surface area (Å²) >= 11 is 0. The Bertz CT molecular complexity index is 1090. The summed E-state index contributed by atoms with van der Waals surface area (Å²) in [7, 11) is 0. The maximum absolute atomic E-state index is 12.8. The van der Waals surface area contributed by atoms with Crippen LogP contribution in [0.2, 0.25) is 0 Å². The predicted octanol–water partition coefficient (Wildman–Crippen LogP) is 3.37. The molecule has 0 unspecified atom stereocenters. The molecule has 0 saturated carbocycles. The second kappa shape index (κ2) is 6.60. The van der Waals surface area contributed by atoms with Gasteiger partial charge in [0.25, 0.3) is 11.8 Å². The largest absolute Gasteiger partial charge is 0.321 e. The van der Waals surface area contributed by atoms with E-state index in [1.165, 1.54) is 4.68 Å². The van der Waals surface area contributed by atoms with Gasteiger partial charge in [-0.2, -0.15) is 9.78 Å². The smallest absolute Gasteiger partial charge is 0.278 e. The third-order valence-electron chi connectivity index (χ3n) is 3.95. The predicted molar refractivity (Wildman–Crippen MR) is 98.1 cm³/mol. The number of aromatic nitrogens is 3. The van der Waals surface area contributed by atoms with E-state index >= 15 is 0 Å². The third kappa shape index (κ3) is 2.84. The average Bonchev–Trinajstić information content (AvgIpc) is 3.09. The van der Waals surface area contributed by atoms with Gasteiger partial charge in [-0.15, -0.1) is 0 Å². The van der Waals surface area contributed by atoms with Crippen LogP contribution in [0, 0.1) is 0 Å². The highest BCUT2D eigenvalue weighted by Gasteiger charge is 2.21. The van der Waals surface area contributed by atoms with Gasteiger partial charge in [0.1, 0.15) is 0 Å². The highest BCUT2D eigenvalue weighted by molar-refractivity contribution is 6.13. The van der Waals surface area contributed by atoms with Crippen LogP contribution in [0.3, 0.4) is 0 Å². The number of nitrogens with zero attached hydrogens (tertiary/aromatic N) is 3. The van der Waals surface area contributed by atoms with E-state index in [0.29, 0.717) is 22.2 Å². The molecule has 6 heteroatoms. The van der Waals surface area contributed by atoms with Crippen LogP contribution in [0.25, 0.3) is 10.9 Å². The van der Waals surface area contributed by atoms with E-state index in [4.69, 9.17) is 0 Å². The molecule has 0 radical (unpaired) electrons. The highest BCUT2D eigenvalue weighted by atomic mass is 16.2. The number of hydrogen-bond acceptors (Lipinski definition) is 4. The van der Waals surface area contributed by atoms with Crippen molar-refractivity contribution in [3.05, 3.63) is 90.4 Å². The quantitative estimate of drug-likeness (QED) is 0.619. The van der Waals surface area contributed by atoms with Crippen molar-refractivity contribution in [3.63, 3.8) is 0 Å². The number of fused-ring (bicyclic) bond motifs is 1. The SMILES string of the molecule is O=C(Nc1ccccc1)c1nn(C(=O)c2ccncc2)c2ccccc12. The van der Waals surface area contributed by atoms with E-state index in [2.05, 4.69) is 15.4 Å². The lowest BCUT2D eigenvalue weighted by Gasteiger charge is -2.02. The molecule has 4 aromatic rings. The monoisotopic (exact) mass is 342 g/mol. The summed E-state index contributed by atoms with van der Waals surface area (Å²) in [4.78, 5) is 29.4. The molecule has 0 atom stereocenters. The van der Waals surface area contributed by atoms with E-state index < -0.39 is 0 Å². The molecular formula is C20H14N4O2. The van der Waals surface area contributed by atoms with Gasteiger partial charge in [-0.3, -0.25) is 14.6 Å². The molecule has 0 bridgehead atoms. The van der Waals surface area contributed by atoms with Crippen LogP contribution >= 0.6 is 0 Å². The molecule has 126 valence electrons. The van der Waals surface area contributed by atoms with Gasteiger partial charge in [0, 0.05) is 29.0 Å². The molecule has 0 aliphatic carbocycles. The number of anilines is 1. The summed E-state index contributed by atoms with van der Waals surface area (Å²) in [5.41, 5.74) is 1.89. The fourth-order valence-electron chi connectivity index (χ4n) is 2.72. The maximum atomic E-state index is 12.8. The number of hydrogen-bond donors (Lipinski definition) is 1. The molecule has 0 fully saturated rings. The number of rotatable bonds is 3. The first kappa shape index (κ1) is 15.7. The van der Waals surface area contributed by atoms with Gasteiger partial charge >= 0.3 is 0 Å². The number of para-hydroxylation sites is 2. The molecule has 6 nitrogen and oxygen atoms in total. The Morgan fingerprint density at radius 3 is 2.31 bits per heavy atom. The molecule has 1 amide bonds. The van der Waals surface area contributed by atoms with Crippen molar-refractivity contribution in [2.24, 2.45) is 0 Å². The summed E-state index contributed by atoms with van der Waals surface area (Å²) < 4.78 is 1.25. The van der Waals surface area contributed by atoms with Crippen molar-refractivity contribution >= 4 is 28.4 Å². The molecule has 0 aliphatic rings. The molecule has 4 rings (SSSR count). The first-order chi connectivity index (χ1) is 12.7. The van der Waals surface area contributed by atoms with Crippen LogP contribution in [0.5, 0.6) is 0 Å². The van der Waals surface area contributed by atoms with Gasteiger partial charge in [0.2, 0.25) is 0 Å². The summed E-state index contributed by atoms with van der Waals surface area (Å²) in [6.45, 7) is 0. The Hall–Kier alpha value is -3.80. The van der Waals surface area contributed by atoms with Gasteiger partial charge < -0.3 is 5.32 Å². The van der Waals surface area contributed by atoms with Crippen molar-refractivity contribution in [3.8, 4) is 0 Å². The van der Waals surface area contributed by atoms with Crippen LogP contribution in [0.4, 0.5) is 5.69 Å². The Morgan fingerprint density at radius 1 is 0.846 bits per heavy atom. The van der Waals surface area contributed by atoms with Crippen LogP contribution in [-0.2, 0) is 0 Å². The van der Waals surface area contributed by atoms with E-state index in [1.54, 1.807) is 54.9 Å². The maximum Gasteiger partial charge on any atom is 0.278 e. The third-order valence-corrected chi connectivity index (χ3v) is 3.95. The van der Waals surface area contributed by atoms with Crippen molar-refractivity contribution in [1.82, 2.24) is 14.8 Å². The Labute approximate surface area is 149 Å². The zero-order valence-electron chi connectivity index (χ0n) is 13.7. The number of amides is 1. The zero-order valence-corrected chi connectivity index (χ0v) is 13.7. The lowest BCUT2D eigenvalue weighted by Crippen LogP contribution is -2.17. The van der Waals surface area contributed by atoms with Crippen molar-refractivity contribution in [2.75, 3.05) is 5.32 Å². The molecule has 2 aromatic carbocycles. The summed E-state index contributed by atoms with van der Waals surface area (Å²) in [5.74, 6) is -0.684. The molecule has 26 heavy (non-hydrogen) atoms. The van der Waals surface area contributed by atoms with Crippen molar-refractivity contribution in [2.45, 2.75) is 0 Å². The topological polar surface area (TPSA) is 76.9 Å². The molecule has 0 spiro atoms. The Kier molecular flexibility index (Phi) is 3.99. The van der Waals surface area contributed by atoms with E-state index in [1.807, 2.05) is 24.3 Å². The van der Waals surface area contributed by atoms with Gasteiger partial charge in [-0.1, -0.05) is 36.4 Å². The first-order valence-corrected chi connectivity index (χ1v) is 8.03. The summed E-state index contributed by atoms with van der Waals surface area (Å²) in [5, 5.41) is 7.72. The van der Waals surface area contributed by atoms with Crippen LogP contribution in [-0.4, -0.2) is 26.6 Å². The number of carbonyl (C=O) groups is 2. The van der Waals surface area contributed by atoms with E-state index in [9.17, 15) is 9.59 Å². The van der Waals surface area contributed by atoms with Gasteiger partial charge in [0.05, 0.1) is 5.52 Å². The molecule has 0 aliphatic heterocycles. The normalized spacial score (nSPS) is 10.6. The van der Waals surface area contributed by atoms with Gasteiger partial charge in [-0.05, 0) is 30.3 Å². The highest BCUT2D eigenvalue weighted by Crippen LogP contribution is 2.21. The fourth-order valence-corrected chi connectivity index (χ4v) is 2.72. The zero-order chi connectivity index (χ0) is 17.9. The van der Waals surface area contributed by atoms with Crippen LogP contribution in [0.1, 0.15) is 20.8 Å². The van der Waals surface area contributed by atoms with Gasteiger partial charge in [-0.25, -0.2) is 0 Å². The molecular weight excluding hydrogens is 328 g/mol.